The second-order valence-electron chi connectivity index (χ2n) is 5.60. The van der Waals surface area contributed by atoms with Crippen LogP contribution in [0, 0.1) is 6.92 Å². The first-order chi connectivity index (χ1) is 9.81. The van der Waals surface area contributed by atoms with Crippen molar-refractivity contribution in [2.75, 3.05) is 25.0 Å². The van der Waals surface area contributed by atoms with Crippen LogP contribution in [0.1, 0.15) is 16.7 Å². The predicted molar refractivity (Wildman–Crippen MR) is 85.1 cm³/mol. The van der Waals surface area contributed by atoms with E-state index in [1.807, 2.05) is 0 Å². The van der Waals surface area contributed by atoms with E-state index in [0.29, 0.717) is 0 Å². The Labute approximate surface area is 121 Å². The Kier molecular flexibility index (Phi) is 4.03. The average Bonchev–Trinajstić information content (AvgIpc) is 2.45. The summed E-state index contributed by atoms with van der Waals surface area (Å²) in [5, 5.41) is 3.55. The summed E-state index contributed by atoms with van der Waals surface area (Å²) in [6, 6.07) is 17.6. The Hall–Kier alpha value is -1.80. The van der Waals surface area contributed by atoms with Crippen LogP contribution in [-0.2, 0) is 13.0 Å². The zero-order valence-electron chi connectivity index (χ0n) is 12.1. The number of benzene rings is 2. The van der Waals surface area contributed by atoms with Crippen molar-refractivity contribution in [3.05, 3.63) is 65.2 Å². The lowest BCUT2D eigenvalue weighted by Gasteiger charge is -2.26. The molecule has 0 saturated heterocycles. The van der Waals surface area contributed by atoms with Gasteiger partial charge in [0.1, 0.15) is 0 Å². The van der Waals surface area contributed by atoms with Crippen LogP contribution in [0.2, 0.25) is 0 Å². The van der Waals surface area contributed by atoms with E-state index in [4.69, 9.17) is 0 Å². The summed E-state index contributed by atoms with van der Waals surface area (Å²) < 4.78 is 0. The van der Waals surface area contributed by atoms with Crippen molar-refractivity contribution < 1.29 is 0 Å². The molecule has 2 heteroatoms. The van der Waals surface area contributed by atoms with E-state index in [0.717, 1.165) is 32.6 Å². The maximum atomic E-state index is 3.55. The van der Waals surface area contributed by atoms with Gasteiger partial charge in [-0.25, -0.2) is 0 Å². The fraction of sp³-hybridized carbons (Fsp3) is 0.333. The zero-order valence-corrected chi connectivity index (χ0v) is 12.1. The highest BCUT2D eigenvalue weighted by Gasteiger charge is 2.11. The van der Waals surface area contributed by atoms with Gasteiger partial charge in [-0.2, -0.15) is 0 Å². The van der Waals surface area contributed by atoms with Gasteiger partial charge in [0.15, 0.2) is 0 Å². The van der Waals surface area contributed by atoms with Crippen LogP contribution in [-0.4, -0.2) is 24.5 Å². The van der Waals surface area contributed by atoms with Crippen LogP contribution in [0.25, 0.3) is 0 Å². The molecule has 0 aromatic heterocycles. The number of nitrogens with one attached hydrogen (secondary N) is 1. The third-order valence-electron chi connectivity index (χ3n) is 3.98. The number of anilines is 1. The monoisotopic (exact) mass is 266 g/mol. The van der Waals surface area contributed by atoms with Gasteiger partial charge in [0.05, 0.1) is 0 Å². The fourth-order valence-electron chi connectivity index (χ4n) is 2.76. The molecule has 0 fully saturated rings. The van der Waals surface area contributed by atoms with E-state index >= 15 is 0 Å². The zero-order chi connectivity index (χ0) is 13.8. The van der Waals surface area contributed by atoms with Crippen LogP contribution >= 0.6 is 0 Å². The minimum atomic E-state index is 1.02. The molecule has 1 aliphatic rings. The van der Waals surface area contributed by atoms with Crippen molar-refractivity contribution >= 4 is 5.69 Å². The number of aryl methyl sites for hydroxylation is 1. The molecule has 2 aromatic carbocycles. The molecule has 3 rings (SSSR count). The summed E-state index contributed by atoms with van der Waals surface area (Å²) >= 11 is 0. The Bertz CT molecular complexity index is 560. The standard InChI is InChI=1S/C18H22N2/c1-15-6-8-16(9-7-15)14-20-12-10-17-4-2-3-5-18(17)19-11-13-20/h2-9,19H,10-14H2,1H3. The summed E-state index contributed by atoms with van der Waals surface area (Å²) in [4.78, 5) is 2.54. The summed E-state index contributed by atoms with van der Waals surface area (Å²) in [6.07, 6.45) is 1.12. The lowest BCUT2D eigenvalue weighted by Crippen LogP contribution is -2.32. The molecule has 1 N–H and O–H groups in total. The summed E-state index contributed by atoms with van der Waals surface area (Å²) in [5.74, 6) is 0. The largest absolute Gasteiger partial charge is 0.384 e. The number of hydrogen-bond acceptors (Lipinski definition) is 2. The van der Waals surface area contributed by atoms with Gasteiger partial charge in [-0.15, -0.1) is 0 Å². The molecule has 0 amide bonds. The topological polar surface area (TPSA) is 15.3 Å². The van der Waals surface area contributed by atoms with Crippen molar-refractivity contribution in [1.29, 1.82) is 0 Å². The molecule has 0 unspecified atom stereocenters. The molecule has 20 heavy (non-hydrogen) atoms. The van der Waals surface area contributed by atoms with Crippen LogP contribution in [0.4, 0.5) is 5.69 Å². The van der Waals surface area contributed by atoms with Gasteiger partial charge < -0.3 is 5.32 Å². The van der Waals surface area contributed by atoms with Gasteiger partial charge >= 0.3 is 0 Å². The number of rotatable bonds is 2. The third kappa shape index (κ3) is 3.20. The molecule has 2 nitrogen and oxygen atoms in total. The average molecular weight is 266 g/mol. The SMILES string of the molecule is Cc1ccc(CN2CCNc3ccccc3CC2)cc1. The molecule has 0 aliphatic carbocycles. The van der Waals surface area contributed by atoms with Gasteiger partial charge in [0, 0.05) is 31.9 Å². The lowest BCUT2D eigenvalue weighted by atomic mass is 10.1. The number of para-hydroxylation sites is 1. The van der Waals surface area contributed by atoms with E-state index in [2.05, 4.69) is 65.7 Å². The van der Waals surface area contributed by atoms with Crippen molar-refractivity contribution in [1.82, 2.24) is 4.90 Å². The first-order valence-electron chi connectivity index (χ1n) is 7.41. The molecule has 2 aromatic rings. The van der Waals surface area contributed by atoms with Crippen molar-refractivity contribution in [3.63, 3.8) is 0 Å². The van der Waals surface area contributed by atoms with E-state index in [-0.39, 0.29) is 0 Å². The highest BCUT2D eigenvalue weighted by Crippen LogP contribution is 2.18. The van der Waals surface area contributed by atoms with Crippen LogP contribution in [0.15, 0.2) is 48.5 Å². The van der Waals surface area contributed by atoms with Crippen molar-refractivity contribution in [3.8, 4) is 0 Å². The first-order valence-corrected chi connectivity index (χ1v) is 7.41. The molecule has 0 saturated carbocycles. The van der Waals surface area contributed by atoms with E-state index in [9.17, 15) is 0 Å². The molecular weight excluding hydrogens is 244 g/mol. The highest BCUT2D eigenvalue weighted by atomic mass is 15.1. The fourth-order valence-corrected chi connectivity index (χ4v) is 2.76. The molecule has 0 spiro atoms. The molecule has 1 aliphatic heterocycles. The number of hydrogen-bond donors (Lipinski definition) is 1. The van der Waals surface area contributed by atoms with Gasteiger partial charge in [0.2, 0.25) is 0 Å². The molecule has 0 radical (unpaired) electrons. The second-order valence-corrected chi connectivity index (χ2v) is 5.60. The van der Waals surface area contributed by atoms with Crippen molar-refractivity contribution in [2.24, 2.45) is 0 Å². The Balaban J connectivity index is 1.66. The summed E-state index contributed by atoms with van der Waals surface area (Å²) in [5.41, 5.74) is 5.48. The van der Waals surface area contributed by atoms with Crippen LogP contribution in [0.3, 0.4) is 0 Å². The van der Waals surface area contributed by atoms with Gasteiger partial charge in [0.25, 0.3) is 0 Å². The second kappa shape index (κ2) is 6.10. The summed E-state index contributed by atoms with van der Waals surface area (Å²) in [6.45, 7) is 6.43. The smallest absolute Gasteiger partial charge is 0.0373 e. The molecular formula is C18H22N2. The van der Waals surface area contributed by atoms with Gasteiger partial charge in [-0.1, -0.05) is 48.0 Å². The molecule has 1 heterocycles. The molecule has 0 atom stereocenters. The maximum Gasteiger partial charge on any atom is 0.0373 e. The minimum absolute atomic E-state index is 1.02. The van der Waals surface area contributed by atoms with Crippen molar-refractivity contribution in [2.45, 2.75) is 19.9 Å². The Morgan fingerprint density at radius 3 is 2.65 bits per heavy atom. The van der Waals surface area contributed by atoms with Gasteiger partial charge in [-0.05, 0) is 30.5 Å². The highest BCUT2D eigenvalue weighted by molar-refractivity contribution is 5.51. The molecule has 104 valence electrons. The maximum absolute atomic E-state index is 3.55. The number of nitrogens with zero attached hydrogens (tertiary/aromatic N) is 1. The molecule has 0 bridgehead atoms. The normalized spacial score (nSPS) is 15.8. The minimum Gasteiger partial charge on any atom is -0.384 e. The van der Waals surface area contributed by atoms with E-state index < -0.39 is 0 Å². The van der Waals surface area contributed by atoms with Crippen LogP contribution < -0.4 is 5.32 Å². The Morgan fingerprint density at radius 2 is 1.80 bits per heavy atom. The summed E-state index contributed by atoms with van der Waals surface area (Å²) in [7, 11) is 0. The van der Waals surface area contributed by atoms with E-state index in [1.165, 1.54) is 22.4 Å². The van der Waals surface area contributed by atoms with Crippen LogP contribution in [0.5, 0.6) is 0 Å². The first kappa shape index (κ1) is 13.2. The third-order valence-corrected chi connectivity index (χ3v) is 3.98. The van der Waals surface area contributed by atoms with E-state index in [1.54, 1.807) is 0 Å². The quantitative estimate of drug-likeness (QED) is 0.895. The lowest BCUT2D eigenvalue weighted by molar-refractivity contribution is 0.277. The number of fused-ring (bicyclic) bond motifs is 1. The predicted octanol–water partition coefficient (Wildman–Crippen LogP) is 3.47. The Morgan fingerprint density at radius 1 is 1.00 bits per heavy atom. The van der Waals surface area contributed by atoms with Gasteiger partial charge in [-0.3, -0.25) is 4.90 Å².